The summed E-state index contributed by atoms with van der Waals surface area (Å²) in [6.07, 6.45) is 4.41. The molecule has 108 valence electrons. The SMILES string of the molecule is Cc1[nH]ncc1S(=O)(=O)Nc1ccc(-n2nccn2)cc1. The summed E-state index contributed by atoms with van der Waals surface area (Å²) in [6, 6.07) is 6.73. The van der Waals surface area contributed by atoms with Crippen molar-refractivity contribution in [3.8, 4) is 5.69 Å². The van der Waals surface area contributed by atoms with E-state index in [-0.39, 0.29) is 4.90 Å². The van der Waals surface area contributed by atoms with E-state index in [4.69, 9.17) is 0 Å². The molecule has 2 heterocycles. The molecule has 21 heavy (non-hydrogen) atoms. The van der Waals surface area contributed by atoms with Crippen molar-refractivity contribution < 1.29 is 8.42 Å². The fraction of sp³-hybridized carbons (Fsp3) is 0.0833. The smallest absolute Gasteiger partial charge is 0.265 e. The number of hydrogen-bond acceptors (Lipinski definition) is 5. The minimum Gasteiger partial charge on any atom is -0.281 e. The van der Waals surface area contributed by atoms with Gasteiger partial charge in [0, 0.05) is 5.69 Å². The lowest BCUT2D eigenvalue weighted by Gasteiger charge is -2.07. The van der Waals surface area contributed by atoms with Gasteiger partial charge in [-0.2, -0.15) is 20.1 Å². The van der Waals surface area contributed by atoms with Gasteiger partial charge in [-0.15, -0.1) is 0 Å². The molecular formula is C12H12N6O2S. The van der Waals surface area contributed by atoms with Crippen LogP contribution in [0.1, 0.15) is 5.69 Å². The average Bonchev–Trinajstić information content (AvgIpc) is 3.10. The largest absolute Gasteiger partial charge is 0.281 e. The van der Waals surface area contributed by atoms with Gasteiger partial charge in [0.2, 0.25) is 0 Å². The molecule has 9 heteroatoms. The molecule has 0 aliphatic heterocycles. The third kappa shape index (κ3) is 2.63. The van der Waals surface area contributed by atoms with E-state index in [1.165, 1.54) is 11.0 Å². The van der Waals surface area contributed by atoms with Gasteiger partial charge in [-0.05, 0) is 31.2 Å². The Bertz CT molecular complexity index is 836. The molecule has 0 aliphatic carbocycles. The molecule has 0 fully saturated rings. The van der Waals surface area contributed by atoms with E-state index >= 15 is 0 Å². The molecule has 3 aromatic rings. The molecule has 0 saturated heterocycles. The van der Waals surface area contributed by atoms with Crippen LogP contribution >= 0.6 is 0 Å². The number of H-pyrrole nitrogens is 1. The lowest BCUT2D eigenvalue weighted by molar-refractivity contribution is 0.600. The summed E-state index contributed by atoms with van der Waals surface area (Å²) in [7, 11) is -3.65. The van der Waals surface area contributed by atoms with E-state index in [1.54, 1.807) is 43.6 Å². The van der Waals surface area contributed by atoms with Gasteiger partial charge in [0.05, 0.1) is 30.0 Å². The standard InChI is InChI=1S/C12H12N6O2S/c1-9-12(8-13-16-9)21(19,20)17-10-2-4-11(5-3-10)18-14-6-7-15-18/h2-8,17H,1H3,(H,13,16). The minimum atomic E-state index is -3.65. The predicted octanol–water partition coefficient (Wildman–Crippen LogP) is 1.10. The molecule has 0 bridgehead atoms. The first-order chi connectivity index (χ1) is 10.1. The van der Waals surface area contributed by atoms with Crippen LogP contribution in [0.3, 0.4) is 0 Å². The van der Waals surface area contributed by atoms with Gasteiger partial charge in [0.1, 0.15) is 4.90 Å². The molecule has 0 saturated carbocycles. The highest BCUT2D eigenvalue weighted by atomic mass is 32.2. The van der Waals surface area contributed by atoms with Crippen molar-refractivity contribution in [3.63, 3.8) is 0 Å². The van der Waals surface area contributed by atoms with Gasteiger partial charge in [0.25, 0.3) is 10.0 Å². The number of rotatable bonds is 4. The number of anilines is 1. The normalized spacial score (nSPS) is 11.5. The lowest BCUT2D eigenvalue weighted by Crippen LogP contribution is -2.13. The van der Waals surface area contributed by atoms with Crippen LogP contribution in [0.5, 0.6) is 0 Å². The van der Waals surface area contributed by atoms with Crippen LogP contribution in [0, 0.1) is 6.92 Å². The summed E-state index contributed by atoms with van der Waals surface area (Å²) < 4.78 is 26.9. The van der Waals surface area contributed by atoms with Crippen molar-refractivity contribution >= 4 is 15.7 Å². The zero-order chi connectivity index (χ0) is 14.9. The monoisotopic (exact) mass is 304 g/mol. The van der Waals surface area contributed by atoms with E-state index in [0.29, 0.717) is 11.4 Å². The Balaban J connectivity index is 1.84. The number of benzene rings is 1. The molecule has 0 spiro atoms. The topological polar surface area (TPSA) is 106 Å². The second kappa shape index (κ2) is 5.02. The summed E-state index contributed by atoms with van der Waals surface area (Å²) in [5, 5.41) is 14.3. The predicted molar refractivity (Wildman–Crippen MR) is 75.5 cm³/mol. The Morgan fingerprint density at radius 1 is 1.14 bits per heavy atom. The molecule has 3 rings (SSSR count). The second-order valence-corrected chi connectivity index (χ2v) is 5.98. The Kier molecular flexibility index (Phi) is 3.18. The Hall–Kier alpha value is -2.68. The van der Waals surface area contributed by atoms with Crippen molar-refractivity contribution in [2.75, 3.05) is 4.72 Å². The molecule has 0 aliphatic rings. The van der Waals surface area contributed by atoms with Crippen LogP contribution in [0.2, 0.25) is 0 Å². The quantitative estimate of drug-likeness (QED) is 0.751. The first kappa shape index (κ1) is 13.3. The van der Waals surface area contributed by atoms with E-state index in [1.807, 2.05) is 0 Å². The van der Waals surface area contributed by atoms with Crippen LogP contribution < -0.4 is 4.72 Å². The van der Waals surface area contributed by atoms with Crippen LogP contribution in [-0.4, -0.2) is 33.6 Å². The molecular weight excluding hydrogens is 292 g/mol. The van der Waals surface area contributed by atoms with Gasteiger partial charge in [-0.25, -0.2) is 8.42 Å². The minimum absolute atomic E-state index is 0.125. The summed E-state index contributed by atoms with van der Waals surface area (Å²) in [5.41, 5.74) is 1.67. The maximum Gasteiger partial charge on any atom is 0.265 e. The molecule has 0 radical (unpaired) electrons. The van der Waals surface area contributed by atoms with Gasteiger partial charge in [-0.3, -0.25) is 9.82 Å². The number of nitrogens with one attached hydrogen (secondary N) is 2. The van der Waals surface area contributed by atoms with Gasteiger partial charge in [-0.1, -0.05) is 0 Å². The Labute approximate surface area is 120 Å². The van der Waals surface area contributed by atoms with E-state index < -0.39 is 10.0 Å². The first-order valence-corrected chi connectivity index (χ1v) is 7.54. The Morgan fingerprint density at radius 3 is 2.38 bits per heavy atom. The summed E-state index contributed by atoms with van der Waals surface area (Å²) in [6.45, 7) is 1.65. The zero-order valence-corrected chi connectivity index (χ0v) is 11.9. The third-order valence-electron chi connectivity index (χ3n) is 2.84. The summed E-state index contributed by atoms with van der Waals surface area (Å²) >= 11 is 0. The van der Waals surface area contributed by atoms with Crippen LogP contribution in [-0.2, 0) is 10.0 Å². The molecule has 0 amide bonds. The number of sulfonamides is 1. The maximum absolute atomic E-state index is 12.2. The number of aromatic amines is 1. The third-order valence-corrected chi connectivity index (χ3v) is 4.34. The second-order valence-electron chi connectivity index (χ2n) is 4.33. The lowest BCUT2D eigenvalue weighted by atomic mass is 10.3. The fourth-order valence-corrected chi connectivity index (χ4v) is 3.03. The van der Waals surface area contributed by atoms with E-state index in [9.17, 15) is 8.42 Å². The van der Waals surface area contributed by atoms with Crippen molar-refractivity contribution in [1.29, 1.82) is 0 Å². The van der Waals surface area contributed by atoms with Crippen molar-refractivity contribution in [2.45, 2.75) is 11.8 Å². The summed E-state index contributed by atoms with van der Waals surface area (Å²) in [4.78, 5) is 1.57. The molecule has 0 atom stereocenters. The highest BCUT2D eigenvalue weighted by molar-refractivity contribution is 7.92. The summed E-state index contributed by atoms with van der Waals surface area (Å²) in [5.74, 6) is 0. The maximum atomic E-state index is 12.2. The highest BCUT2D eigenvalue weighted by Gasteiger charge is 2.18. The van der Waals surface area contributed by atoms with Crippen LogP contribution in [0.15, 0.2) is 47.8 Å². The first-order valence-electron chi connectivity index (χ1n) is 6.06. The van der Waals surface area contributed by atoms with Crippen molar-refractivity contribution in [1.82, 2.24) is 25.2 Å². The van der Waals surface area contributed by atoms with Crippen LogP contribution in [0.25, 0.3) is 5.69 Å². The number of hydrogen-bond donors (Lipinski definition) is 2. The van der Waals surface area contributed by atoms with E-state index in [0.717, 1.165) is 5.69 Å². The number of nitrogens with zero attached hydrogens (tertiary/aromatic N) is 4. The van der Waals surface area contributed by atoms with E-state index in [2.05, 4.69) is 25.1 Å². The fourth-order valence-electron chi connectivity index (χ4n) is 1.83. The van der Waals surface area contributed by atoms with Gasteiger partial charge >= 0.3 is 0 Å². The van der Waals surface area contributed by atoms with Crippen molar-refractivity contribution in [3.05, 3.63) is 48.5 Å². The van der Waals surface area contributed by atoms with Gasteiger partial charge in [0.15, 0.2) is 0 Å². The molecule has 8 nitrogen and oxygen atoms in total. The number of aryl methyl sites for hydroxylation is 1. The highest BCUT2D eigenvalue weighted by Crippen LogP contribution is 2.18. The molecule has 2 aromatic heterocycles. The molecule has 2 N–H and O–H groups in total. The zero-order valence-electron chi connectivity index (χ0n) is 11.1. The van der Waals surface area contributed by atoms with Crippen molar-refractivity contribution in [2.24, 2.45) is 0 Å². The average molecular weight is 304 g/mol. The van der Waals surface area contributed by atoms with Crippen LogP contribution in [0.4, 0.5) is 5.69 Å². The Morgan fingerprint density at radius 2 is 1.81 bits per heavy atom. The molecule has 0 unspecified atom stereocenters. The number of aromatic nitrogens is 5. The van der Waals surface area contributed by atoms with Gasteiger partial charge < -0.3 is 0 Å². The molecule has 1 aromatic carbocycles.